The number of benzene rings is 7. The molecule has 6 heteroatoms. The molecule has 7 aromatic carbocycles. The lowest BCUT2D eigenvalue weighted by atomic mass is 9.82. The van der Waals surface area contributed by atoms with Crippen LogP contribution in [0.1, 0.15) is 42.7 Å². The van der Waals surface area contributed by atoms with Gasteiger partial charge in [0.1, 0.15) is 22.5 Å². The highest BCUT2D eigenvalue weighted by Crippen LogP contribution is 2.53. The van der Waals surface area contributed by atoms with Crippen molar-refractivity contribution in [1.29, 1.82) is 0 Å². The Hall–Kier alpha value is -7.57. The molecule has 11 aromatic rings. The highest BCUT2D eigenvalue weighted by molar-refractivity contribution is 6.16. The molecule has 2 aliphatic carbocycles. The van der Waals surface area contributed by atoms with Gasteiger partial charge in [0.15, 0.2) is 11.6 Å². The number of aromatic nitrogens is 4. The first kappa shape index (κ1) is 33.4. The summed E-state index contributed by atoms with van der Waals surface area (Å²) in [5.41, 5.74) is 14.6. The Morgan fingerprint density at radius 1 is 0.550 bits per heavy atom. The van der Waals surface area contributed by atoms with Crippen molar-refractivity contribution >= 4 is 60.8 Å². The van der Waals surface area contributed by atoms with E-state index in [0.717, 1.165) is 101 Å². The Kier molecular flexibility index (Phi) is 6.81. The highest BCUT2D eigenvalue weighted by Gasteiger charge is 2.38. The van der Waals surface area contributed by atoms with Crippen molar-refractivity contribution in [3.8, 4) is 51.0 Å². The van der Waals surface area contributed by atoms with Gasteiger partial charge in [-0.3, -0.25) is 4.57 Å². The van der Waals surface area contributed by atoms with Gasteiger partial charge in [0, 0.05) is 61.0 Å². The van der Waals surface area contributed by atoms with Gasteiger partial charge < -0.3 is 8.83 Å². The number of aryl methyl sites for hydroxylation is 1. The number of rotatable bonds is 4. The molecule has 13 rings (SSSR count). The Morgan fingerprint density at radius 3 is 2.12 bits per heavy atom. The lowest BCUT2D eigenvalue weighted by molar-refractivity contribution is 0.546. The number of fused-ring (bicyclic) bond motifs is 13. The van der Waals surface area contributed by atoms with Crippen LogP contribution in [-0.2, 0) is 11.8 Å². The Morgan fingerprint density at radius 2 is 1.27 bits per heavy atom. The van der Waals surface area contributed by atoms with Crippen LogP contribution in [0.15, 0.2) is 161 Å². The molecule has 0 atom stereocenters. The number of para-hydroxylation sites is 1. The predicted octanol–water partition coefficient (Wildman–Crippen LogP) is 13.9. The molecule has 0 amide bonds. The minimum Gasteiger partial charge on any atom is -0.460 e. The van der Waals surface area contributed by atoms with E-state index in [1.54, 1.807) is 0 Å². The fourth-order valence-electron chi connectivity index (χ4n) is 10.1. The summed E-state index contributed by atoms with van der Waals surface area (Å²) in [6.45, 7) is 4.65. The van der Waals surface area contributed by atoms with Crippen molar-refractivity contribution in [3.05, 3.63) is 174 Å². The standard InChI is InChI=1S/C54H36N4O2/c1-54(2)41-19-9-6-17-39(41)49-42(54)28-27-38-35-15-7-10-20-43(35)58(50(38)49)53-56-51(32-23-25-37-36-16-8-11-21-44(36)59-46(37)29-32)55-52(57-53)33-24-26-40-47(30-33)60-45-22-12-18-34(48(40)45)31-13-4-3-5-14-31/h3-10,12-20,22-30H,11,21H2,1-2H3. The smallest absolute Gasteiger partial charge is 0.238 e. The first-order chi connectivity index (χ1) is 29.5. The van der Waals surface area contributed by atoms with Crippen molar-refractivity contribution < 1.29 is 8.83 Å². The van der Waals surface area contributed by atoms with Crippen molar-refractivity contribution in [2.75, 3.05) is 0 Å². The van der Waals surface area contributed by atoms with Gasteiger partial charge in [-0.25, -0.2) is 4.98 Å². The normalized spacial score (nSPS) is 14.1. The van der Waals surface area contributed by atoms with E-state index in [4.69, 9.17) is 23.8 Å². The largest absolute Gasteiger partial charge is 0.460 e. The molecular formula is C54H36N4O2. The summed E-state index contributed by atoms with van der Waals surface area (Å²) in [4.78, 5) is 16.0. The van der Waals surface area contributed by atoms with Crippen LogP contribution < -0.4 is 0 Å². The number of hydrogen-bond donors (Lipinski definition) is 0. The fraction of sp³-hybridized carbons (Fsp3) is 0.0926. The number of hydrogen-bond acceptors (Lipinski definition) is 5. The Bertz CT molecular complexity index is 3640. The summed E-state index contributed by atoms with van der Waals surface area (Å²) >= 11 is 0. The monoisotopic (exact) mass is 772 g/mol. The first-order valence-corrected chi connectivity index (χ1v) is 20.7. The van der Waals surface area contributed by atoms with E-state index in [9.17, 15) is 0 Å². The van der Waals surface area contributed by atoms with E-state index in [2.05, 4.69) is 164 Å². The van der Waals surface area contributed by atoms with Crippen LogP contribution in [0.5, 0.6) is 0 Å². The topological polar surface area (TPSA) is 69.9 Å². The summed E-state index contributed by atoms with van der Waals surface area (Å²) in [5.74, 6) is 2.70. The lowest BCUT2D eigenvalue weighted by Gasteiger charge is -2.21. The Balaban J connectivity index is 1.08. The summed E-state index contributed by atoms with van der Waals surface area (Å²) in [6, 6.07) is 51.4. The molecule has 4 aromatic heterocycles. The average molecular weight is 773 g/mol. The molecule has 0 saturated carbocycles. The third-order valence-corrected chi connectivity index (χ3v) is 12.9. The van der Waals surface area contributed by atoms with Gasteiger partial charge in [-0.05, 0) is 70.6 Å². The van der Waals surface area contributed by atoms with Gasteiger partial charge in [-0.15, -0.1) is 0 Å². The molecule has 0 bridgehead atoms. The lowest BCUT2D eigenvalue weighted by Crippen LogP contribution is -2.14. The van der Waals surface area contributed by atoms with Crippen LogP contribution in [-0.4, -0.2) is 19.5 Å². The van der Waals surface area contributed by atoms with E-state index < -0.39 is 0 Å². The number of allylic oxidation sites excluding steroid dienone is 1. The summed E-state index contributed by atoms with van der Waals surface area (Å²) in [5, 5.41) is 5.55. The SMILES string of the molecule is CC1(C)c2ccccc2-c2c1ccc1c3ccccc3n(-c3nc(-c4ccc5c6c(oc5c4)CCC=C6)nc(-c4ccc5c(c4)oc4cccc(-c6ccccc6)c45)n3)c21. The minimum atomic E-state index is -0.175. The molecule has 4 heterocycles. The molecule has 60 heavy (non-hydrogen) atoms. The van der Waals surface area contributed by atoms with Gasteiger partial charge in [-0.2, -0.15) is 9.97 Å². The van der Waals surface area contributed by atoms with Crippen LogP contribution in [0.2, 0.25) is 0 Å². The van der Waals surface area contributed by atoms with Crippen LogP contribution in [0.4, 0.5) is 0 Å². The van der Waals surface area contributed by atoms with E-state index in [0.29, 0.717) is 17.6 Å². The number of nitrogens with zero attached hydrogens (tertiary/aromatic N) is 4. The molecule has 6 nitrogen and oxygen atoms in total. The second-order valence-electron chi connectivity index (χ2n) is 16.6. The quantitative estimate of drug-likeness (QED) is 0.178. The first-order valence-electron chi connectivity index (χ1n) is 20.7. The van der Waals surface area contributed by atoms with Crippen LogP contribution >= 0.6 is 0 Å². The van der Waals surface area contributed by atoms with Gasteiger partial charge in [0.25, 0.3) is 0 Å². The van der Waals surface area contributed by atoms with Crippen molar-refractivity contribution in [2.24, 2.45) is 0 Å². The zero-order chi connectivity index (χ0) is 39.7. The third kappa shape index (κ3) is 4.67. The van der Waals surface area contributed by atoms with E-state index >= 15 is 0 Å². The summed E-state index contributed by atoms with van der Waals surface area (Å²) in [7, 11) is 0. The molecule has 0 unspecified atom stereocenters. The molecule has 0 radical (unpaired) electrons. The van der Waals surface area contributed by atoms with Crippen molar-refractivity contribution in [2.45, 2.75) is 32.1 Å². The van der Waals surface area contributed by atoms with Crippen molar-refractivity contribution in [1.82, 2.24) is 19.5 Å². The molecule has 2 aliphatic rings. The number of furan rings is 2. The zero-order valence-corrected chi connectivity index (χ0v) is 33.0. The molecule has 0 aliphatic heterocycles. The molecule has 0 fully saturated rings. The molecule has 0 spiro atoms. The second kappa shape index (κ2) is 12.2. The van der Waals surface area contributed by atoms with Crippen LogP contribution in [0.25, 0.3) is 112 Å². The fourth-order valence-corrected chi connectivity index (χ4v) is 10.1. The van der Waals surface area contributed by atoms with E-state index in [-0.39, 0.29) is 5.41 Å². The zero-order valence-electron chi connectivity index (χ0n) is 33.0. The van der Waals surface area contributed by atoms with Gasteiger partial charge in [0.05, 0.1) is 11.0 Å². The molecular weight excluding hydrogens is 737 g/mol. The molecule has 0 N–H and O–H groups in total. The minimum absolute atomic E-state index is 0.175. The molecule has 284 valence electrons. The maximum atomic E-state index is 6.61. The predicted molar refractivity (Wildman–Crippen MR) is 242 cm³/mol. The van der Waals surface area contributed by atoms with Crippen LogP contribution in [0.3, 0.4) is 0 Å². The van der Waals surface area contributed by atoms with Gasteiger partial charge >= 0.3 is 0 Å². The third-order valence-electron chi connectivity index (χ3n) is 12.9. The van der Waals surface area contributed by atoms with Gasteiger partial charge in [-0.1, -0.05) is 135 Å². The van der Waals surface area contributed by atoms with E-state index in [1.807, 2.05) is 12.1 Å². The maximum Gasteiger partial charge on any atom is 0.238 e. The van der Waals surface area contributed by atoms with E-state index in [1.165, 1.54) is 22.3 Å². The molecule has 0 saturated heterocycles. The highest BCUT2D eigenvalue weighted by atomic mass is 16.3. The Labute approximate surface area is 345 Å². The van der Waals surface area contributed by atoms with Crippen molar-refractivity contribution in [3.63, 3.8) is 0 Å². The second-order valence-corrected chi connectivity index (χ2v) is 16.6. The maximum absolute atomic E-state index is 6.61. The average Bonchev–Trinajstić information content (AvgIpc) is 4.02. The summed E-state index contributed by atoms with van der Waals surface area (Å²) < 4.78 is 15.3. The van der Waals surface area contributed by atoms with Crippen LogP contribution in [0, 0.1) is 0 Å². The van der Waals surface area contributed by atoms with Gasteiger partial charge in [0.2, 0.25) is 5.95 Å². The summed E-state index contributed by atoms with van der Waals surface area (Å²) in [6.07, 6.45) is 6.28.